The van der Waals surface area contributed by atoms with Crippen molar-refractivity contribution in [2.45, 2.75) is 44.6 Å². The minimum atomic E-state index is -0.931. The molecule has 1 aliphatic rings. The molecular formula is C16H23BrN2O2. The zero-order valence-electron chi connectivity index (χ0n) is 12.1. The Kier molecular flexibility index (Phi) is 6.06. The maximum absolute atomic E-state index is 11.2. The maximum Gasteiger partial charge on any atom is 0.337 e. The van der Waals surface area contributed by atoms with Crippen molar-refractivity contribution in [2.75, 3.05) is 11.9 Å². The van der Waals surface area contributed by atoms with Crippen molar-refractivity contribution in [3.05, 3.63) is 28.2 Å². The van der Waals surface area contributed by atoms with Gasteiger partial charge in [0.2, 0.25) is 0 Å². The van der Waals surface area contributed by atoms with Gasteiger partial charge in [0.15, 0.2) is 0 Å². The quantitative estimate of drug-likeness (QED) is 0.724. The molecule has 0 amide bonds. The van der Waals surface area contributed by atoms with Crippen LogP contribution < -0.4 is 11.1 Å². The van der Waals surface area contributed by atoms with E-state index >= 15 is 0 Å². The van der Waals surface area contributed by atoms with E-state index in [-0.39, 0.29) is 11.6 Å². The highest BCUT2D eigenvalue weighted by atomic mass is 79.9. The Balaban J connectivity index is 1.88. The van der Waals surface area contributed by atoms with Crippen LogP contribution in [0.2, 0.25) is 0 Å². The Bertz CT molecular complexity index is 487. The Morgan fingerprint density at radius 3 is 2.76 bits per heavy atom. The molecular weight excluding hydrogens is 332 g/mol. The third kappa shape index (κ3) is 5.00. The number of hydrogen-bond acceptors (Lipinski definition) is 3. The highest BCUT2D eigenvalue weighted by Gasteiger charge is 2.17. The first-order valence-corrected chi connectivity index (χ1v) is 8.38. The van der Waals surface area contributed by atoms with Crippen LogP contribution in [0.3, 0.4) is 0 Å². The first-order chi connectivity index (χ1) is 10.1. The number of nitrogens with two attached hydrogens (primary N) is 1. The van der Waals surface area contributed by atoms with Gasteiger partial charge >= 0.3 is 5.97 Å². The van der Waals surface area contributed by atoms with Crippen molar-refractivity contribution >= 4 is 27.6 Å². The van der Waals surface area contributed by atoms with E-state index < -0.39 is 5.97 Å². The zero-order valence-corrected chi connectivity index (χ0v) is 13.7. The van der Waals surface area contributed by atoms with Gasteiger partial charge in [-0.05, 0) is 30.5 Å². The highest BCUT2D eigenvalue weighted by molar-refractivity contribution is 9.10. The first-order valence-electron chi connectivity index (χ1n) is 7.58. The molecule has 2 rings (SSSR count). The van der Waals surface area contributed by atoms with E-state index in [0.717, 1.165) is 16.8 Å². The maximum atomic E-state index is 11.2. The van der Waals surface area contributed by atoms with E-state index in [2.05, 4.69) is 21.2 Å². The van der Waals surface area contributed by atoms with Gasteiger partial charge in [-0.25, -0.2) is 4.79 Å². The van der Waals surface area contributed by atoms with E-state index in [0.29, 0.717) is 12.2 Å². The molecule has 0 bridgehead atoms. The summed E-state index contributed by atoms with van der Waals surface area (Å²) in [6.45, 7) is 0.610. The fourth-order valence-corrected chi connectivity index (χ4v) is 3.38. The van der Waals surface area contributed by atoms with Crippen LogP contribution in [0.5, 0.6) is 0 Å². The molecule has 0 aromatic heterocycles. The summed E-state index contributed by atoms with van der Waals surface area (Å²) < 4.78 is 0.761. The topological polar surface area (TPSA) is 75.3 Å². The number of aromatic carboxylic acids is 1. The molecule has 1 aliphatic carbocycles. The molecule has 4 nitrogen and oxygen atoms in total. The molecule has 0 unspecified atom stereocenters. The number of halogens is 1. The van der Waals surface area contributed by atoms with Gasteiger partial charge in [-0.2, -0.15) is 0 Å². The standard InChI is InChI=1S/C16H23BrN2O2/c17-12-6-7-15(14(9-12)16(20)21)19-10-13(18)8-11-4-2-1-3-5-11/h6-7,9,11,13,19H,1-5,8,10,18H2,(H,20,21)/t13-/m1/s1. The summed E-state index contributed by atoms with van der Waals surface area (Å²) in [4.78, 5) is 11.2. The zero-order chi connectivity index (χ0) is 15.2. The van der Waals surface area contributed by atoms with Crippen LogP contribution in [0.1, 0.15) is 48.9 Å². The largest absolute Gasteiger partial charge is 0.478 e. The third-order valence-corrected chi connectivity index (χ3v) is 4.62. The molecule has 1 fully saturated rings. The fraction of sp³-hybridized carbons (Fsp3) is 0.562. The summed E-state index contributed by atoms with van der Waals surface area (Å²) in [5.41, 5.74) is 7.09. The van der Waals surface area contributed by atoms with E-state index in [1.807, 2.05) is 6.07 Å². The average molecular weight is 355 g/mol. The lowest BCUT2D eigenvalue weighted by Crippen LogP contribution is -2.32. The number of carboxylic acids is 1. The Labute approximate surface area is 134 Å². The molecule has 1 atom stereocenters. The van der Waals surface area contributed by atoms with E-state index in [1.54, 1.807) is 12.1 Å². The van der Waals surface area contributed by atoms with Crippen molar-refractivity contribution < 1.29 is 9.90 Å². The molecule has 0 radical (unpaired) electrons. The number of hydrogen-bond donors (Lipinski definition) is 3. The van der Waals surface area contributed by atoms with Crippen LogP contribution in [0.4, 0.5) is 5.69 Å². The van der Waals surface area contributed by atoms with Gasteiger partial charge in [-0.15, -0.1) is 0 Å². The van der Waals surface area contributed by atoms with Crippen molar-refractivity contribution in [3.63, 3.8) is 0 Å². The number of benzene rings is 1. The second-order valence-corrected chi connectivity index (χ2v) is 6.79. The summed E-state index contributed by atoms with van der Waals surface area (Å²) in [5.74, 6) is -0.195. The van der Waals surface area contributed by atoms with E-state index in [9.17, 15) is 9.90 Å². The van der Waals surface area contributed by atoms with Crippen LogP contribution in [0.25, 0.3) is 0 Å². The molecule has 4 N–H and O–H groups in total. The van der Waals surface area contributed by atoms with Crippen LogP contribution in [-0.2, 0) is 0 Å². The molecule has 1 aromatic rings. The Morgan fingerprint density at radius 2 is 2.10 bits per heavy atom. The Morgan fingerprint density at radius 1 is 1.38 bits per heavy atom. The first kappa shape index (κ1) is 16.3. The SMILES string of the molecule is N[C@@H](CNc1ccc(Br)cc1C(=O)O)CC1CCCCC1. The molecule has 0 spiro atoms. The lowest BCUT2D eigenvalue weighted by molar-refractivity contribution is 0.0698. The molecule has 1 saturated carbocycles. The Hall–Kier alpha value is -1.07. The normalized spacial score (nSPS) is 17.4. The molecule has 21 heavy (non-hydrogen) atoms. The second-order valence-electron chi connectivity index (χ2n) is 5.88. The summed E-state index contributed by atoms with van der Waals surface area (Å²) in [7, 11) is 0. The van der Waals surface area contributed by atoms with Crippen molar-refractivity contribution in [3.8, 4) is 0 Å². The summed E-state index contributed by atoms with van der Waals surface area (Å²) in [6, 6.07) is 5.29. The average Bonchev–Trinajstić information content (AvgIpc) is 2.47. The second kappa shape index (κ2) is 7.80. The van der Waals surface area contributed by atoms with Crippen molar-refractivity contribution in [2.24, 2.45) is 11.7 Å². The molecule has 0 aliphatic heterocycles. The van der Waals surface area contributed by atoms with Gasteiger partial charge in [-0.3, -0.25) is 0 Å². The molecule has 1 aromatic carbocycles. The third-order valence-electron chi connectivity index (χ3n) is 4.13. The number of anilines is 1. The summed E-state index contributed by atoms with van der Waals surface area (Å²) in [6.07, 6.45) is 7.58. The molecule has 116 valence electrons. The number of nitrogens with one attached hydrogen (secondary N) is 1. The number of rotatable bonds is 6. The summed E-state index contributed by atoms with van der Waals surface area (Å²) in [5, 5.41) is 12.4. The minimum Gasteiger partial charge on any atom is -0.478 e. The van der Waals surface area contributed by atoms with Crippen LogP contribution >= 0.6 is 15.9 Å². The van der Waals surface area contributed by atoms with Crippen LogP contribution in [0, 0.1) is 5.92 Å². The molecule has 0 heterocycles. The van der Waals surface area contributed by atoms with Crippen LogP contribution in [0.15, 0.2) is 22.7 Å². The van der Waals surface area contributed by atoms with Gasteiger partial charge in [0.1, 0.15) is 0 Å². The van der Waals surface area contributed by atoms with Crippen LogP contribution in [-0.4, -0.2) is 23.7 Å². The van der Waals surface area contributed by atoms with Gasteiger partial charge in [-0.1, -0.05) is 48.0 Å². The molecule has 0 saturated heterocycles. The fourth-order valence-electron chi connectivity index (χ4n) is 3.02. The predicted molar refractivity (Wildman–Crippen MR) is 88.8 cm³/mol. The lowest BCUT2D eigenvalue weighted by atomic mass is 9.85. The molecule has 5 heteroatoms. The van der Waals surface area contributed by atoms with Crippen molar-refractivity contribution in [1.82, 2.24) is 0 Å². The van der Waals surface area contributed by atoms with Gasteiger partial charge in [0.05, 0.1) is 5.56 Å². The minimum absolute atomic E-state index is 0.0680. The van der Waals surface area contributed by atoms with E-state index in [4.69, 9.17) is 5.73 Å². The lowest BCUT2D eigenvalue weighted by Gasteiger charge is -2.25. The number of carboxylic acid groups (broad SMARTS) is 1. The monoisotopic (exact) mass is 354 g/mol. The van der Waals surface area contributed by atoms with Gasteiger partial charge in [0.25, 0.3) is 0 Å². The van der Waals surface area contributed by atoms with Gasteiger partial charge in [0, 0.05) is 22.7 Å². The van der Waals surface area contributed by atoms with Gasteiger partial charge < -0.3 is 16.2 Å². The smallest absolute Gasteiger partial charge is 0.337 e. The van der Waals surface area contributed by atoms with E-state index in [1.165, 1.54) is 32.1 Å². The number of carbonyl (C=O) groups is 1. The highest BCUT2D eigenvalue weighted by Crippen LogP contribution is 2.27. The van der Waals surface area contributed by atoms with Crippen molar-refractivity contribution in [1.29, 1.82) is 0 Å². The predicted octanol–water partition coefficient (Wildman–Crippen LogP) is 3.86. The summed E-state index contributed by atoms with van der Waals surface area (Å²) >= 11 is 3.29.